The van der Waals surface area contributed by atoms with Crippen LogP contribution in [0.2, 0.25) is 0 Å². The number of aromatic hydroxyl groups is 1. The minimum Gasteiger partial charge on any atom is -0.507 e. The highest BCUT2D eigenvalue weighted by Gasteiger charge is 2.12. The number of para-hydroxylation sites is 1. The Hall–Kier alpha value is -1.62. The van der Waals surface area contributed by atoms with E-state index in [2.05, 4.69) is 15.4 Å². The fraction of sp³-hybridized carbons (Fsp3) is 0.467. The Balaban J connectivity index is 1.97. The van der Waals surface area contributed by atoms with Gasteiger partial charge in [0.05, 0.1) is 5.71 Å². The normalized spacial score (nSPS) is 16.6. The lowest BCUT2D eigenvalue weighted by molar-refractivity contribution is 0.428. The molecule has 1 saturated heterocycles. The molecule has 2 N–H and O–H groups in total. The summed E-state index contributed by atoms with van der Waals surface area (Å²) in [5.74, 6) is 0.233. The van der Waals surface area contributed by atoms with Crippen LogP contribution in [0.1, 0.15) is 38.2 Å². The van der Waals surface area contributed by atoms with E-state index < -0.39 is 0 Å². The van der Waals surface area contributed by atoms with E-state index >= 15 is 0 Å². The van der Waals surface area contributed by atoms with Crippen LogP contribution in [-0.4, -0.2) is 33.9 Å². The van der Waals surface area contributed by atoms with Crippen LogP contribution < -0.4 is 5.43 Å². The average molecular weight is 291 g/mol. The van der Waals surface area contributed by atoms with Crippen molar-refractivity contribution in [3.05, 3.63) is 29.8 Å². The number of rotatable bonds is 2. The van der Waals surface area contributed by atoms with Crippen molar-refractivity contribution < 1.29 is 5.11 Å². The number of hydrazone groups is 1. The van der Waals surface area contributed by atoms with Crippen LogP contribution in [0.3, 0.4) is 0 Å². The molecular formula is C15H21N3OS. The first-order valence-corrected chi connectivity index (χ1v) is 7.47. The van der Waals surface area contributed by atoms with Gasteiger partial charge in [0.15, 0.2) is 5.11 Å². The summed E-state index contributed by atoms with van der Waals surface area (Å²) < 4.78 is 0. The van der Waals surface area contributed by atoms with Crippen LogP contribution in [0.25, 0.3) is 0 Å². The number of hydrogen-bond acceptors (Lipinski definition) is 3. The third-order valence-corrected chi connectivity index (χ3v) is 3.86. The van der Waals surface area contributed by atoms with Crippen molar-refractivity contribution in [3.8, 4) is 5.75 Å². The highest BCUT2D eigenvalue weighted by molar-refractivity contribution is 7.80. The first-order chi connectivity index (χ1) is 9.68. The Kier molecular flexibility index (Phi) is 5.35. The van der Waals surface area contributed by atoms with Crippen molar-refractivity contribution in [3.63, 3.8) is 0 Å². The van der Waals surface area contributed by atoms with Crippen LogP contribution in [-0.2, 0) is 0 Å². The number of hydrogen-bond donors (Lipinski definition) is 2. The summed E-state index contributed by atoms with van der Waals surface area (Å²) in [6, 6.07) is 7.16. The van der Waals surface area contributed by atoms with E-state index in [-0.39, 0.29) is 5.75 Å². The second-order valence-electron chi connectivity index (χ2n) is 5.03. The molecule has 0 radical (unpaired) electrons. The predicted molar refractivity (Wildman–Crippen MR) is 86.1 cm³/mol. The first kappa shape index (κ1) is 14.8. The van der Waals surface area contributed by atoms with Gasteiger partial charge < -0.3 is 10.0 Å². The molecule has 0 amide bonds. The van der Waals surface area contributed by atoms with E-state index in [1.54, 1.807) is 12.1 Å². The zero-order valence-electron chi connectivity index (χ0n) is 11.8. The Labute approximate surface area is 125 Å². The van der Waals surface area contributed by atoms with E-state index in [0.717, 1.165) is 24.4 Å². The largest absolute Gasteiger partial charge is 0.507 e. The standard InChI is InChI=1S/C15H21N3OS/c1-12(13-8-4-5-9-14(13)19)16-17-15(20)18-10-6-2-3-7-11-18/h4-5,8-9,19H,2-3,6-7,10-11H2,1H3,(H,17,20)/b16-12+. The van der Waals surface area contributed by atoms with Crippen LogP contribution in [0.15, 0.2) is 29.4 Å². The van der Waals surface area contributed by atoms with Gasteiger partial charge in [-0.2, -0.15) is 5.10 Å². The zero-order chi connectivity index (χ0) is 14.4. The van der Waals surface area contributed by atoms with Gasteiger partial charge in [-0.15, -0.1) is 0 Å². The smallest absolute Gasteiger partial charge is 0.189 e. The van der Waals surface area contributed by atoms with E-state index in [1.807, 2.05) is 19.1 Å². The molecule has 108 valence electrons. The molecule has 1 aromatic carbocycles. The van der Waals surface area contributed by atoms with Gasteiger partial charge in [-0.05, 0) is 44.1 Å². The Morgan fingerprint density at radius 2 is 1.85 bits per heavy atom. The van der Waals surface area contributed by atoms with E-state index in [9.17, 15) is 5.11 Å². The third-order valence-electron chi connectivity index (χ3n) is 3.51. The molecule has 0 saturated carbocycles. The lowest BCUT2D eigenvalue weighted by Gasteiger charge is -2.22. The fourth-order valence-electron chi connectivity index (χ4n) is 2.32. The number of phenolic OH excluding ortho intramolecular Hbond substituents is 1. The summed E-state index contributed by atoms with van der Waals surface area (Å²) in [5.41, 5.74) is 4.38. The van der Waals surface area contributed by atoms with Gasteiger partial charge in [0.25, 0.3) is 0 Å². The highest BCUT2D eigenvalue weighted by Crippen LogP contribution is 2.16. The maximum absolute atomic E-state index is 9.78. The lowest BCUT2D eigenvalue weighted by Crippen LogP contribution is -2.38. The van der Waals surface area contributed by atoms with Crippen LogP contribution in [0.4, 0.5) is 0 Å². The van der Waals surface area contributed by atoms with E-state index in [1.165, 1.54) is 25.7 Å². The summed E-state index contributed by atoms with van der Waals surface area (Å²) in [6.07, 6.45) is 4.92. The van der Waals surface area contributed by atoms with Crippen LogP contribution in [0.5, 0.6) is 5.75 Å². The summed E-state index contributed by atoms with van der Waals surface area (Å²) in [5, 5.41) is 14.7. The van der Waals surface area contributed by atoms with Crippen LogP contribution >= 0.6 is 12.2 Å². The molecule has 1 fully saturated rings. The minimum absolute atomic E-state index is 0.233. The SMILES string of the molecule is C/C(=N\NC(=S)N1CCCCCC1)c1ccccc1O. The van der Waals surface area contributed by atoms with E-state index in [4.69, 9.17) is 12.2 Å². The molecule has 4 nitrogen and oxygen atoms in total. The molecule has 1 aliphatic rings. The summed E-state index contributed by atoms with van der Waals surface area (Å²) in [7, 11) is 0. The van der Waals surface area contributed by atoms with Gasteiger partial charge in [-0.1, -0.05) is 25.0 Å². The Bertz CT molecular complexity index is 494. The summed E-state index contributed by atoms with van der Waals surface area (Å²) in [6.45, 7) is 3.85. The molecule has 0 spiro atoms. The molecule has 1 aliphatic heterocycles. The highest BCUT2D eigenvalue weighted by atomic mass is 32.1. The molecular weight excluding hydrogens is 270 g/mol. The van der Waals surface area contributed by atoms with E-state index in [0.29, 0.717) is 5.11 Å². The summed E-state index contributed by atoms with van der Waals surface area (Å²) >= 11 is 5.38. The van der Waals surface area contributed by atoms with Gasteiger partial charge in [-0.25, -0.2) is 0 Å². The molecule has 0 bridgehead atoms. The van der Waals surface area contributed by atoms with Crippen molar-refractivity contribution in [1.29, 1.82) is 0 Å². The van der Waals surface area contributed by atoms with Gasteiger partial charge >= 0.3 is 0 Å². The Morgan fingerprint density at radius 3 is 2.50 bits per heavy atom. The molecule has 0 atom stereocenters. The molecule has 20 heavy (non-hydrogen) atoms. The van der Waals surface area contributed by atoms with Crippen molar-refractivity contribution >= 4 is 23.0 Å². The number of benzene rings is 1. The van der Waals surface area contributed by atoms with Crippen LogP contribution in [0, 0.1) is 0 Å². The molecule has 0 aliphatic carbocycles. The van der Waals surface area contributed by atoms with Crippen molar-refractivity contribution in [2.75, 3.05) is 13.1 Å². The number of nitrogens with one attached hydrogen (secondary N) is 1. The first-order valence-electron chi connectivity index (χ1n) is 7.06. The van der Waals surface area contributed by atoms with Crippen molar-refractivity contribution in [1.82, 2.24) is 10.3 Å². The van der Waals surface area contributed by atoms with Crippen molar-refractivity contribution in [2.24, 2.45) is 5.10 Å². The topological polar surface area (TPSA) is 47.9 Å². The number of thiocarbonyl (C=S) groups is 1. The van der Waals surface area contributed by atoms with Gasteiger partial charge in [-0.3, -0.25) is 5.43 Å². The van der Waals surface area contributed by atoms with Crippen molar-refractivity contribution in [2.45, 2.75) is 32.6 Å². The zero-order valence-corrected chi connectivity index (χ0v) is 12.6. The second-order valence-corrected chi connectivity index (χ2v) is 5.42. The molecule has 0 unspecified atom stereocenters. The molecule has 1 heterocycles. The fourth-order valence-corrected chi connectivity index (χ4v) is 2.54. The molecule has 1 aromatic rings. The van der Waals surface area contributed by atoms with Gasteiger partial charge in [0.2, 0.25) is 0 Å². The quantitative estimate of drug-likeness (QED) is 0.500. The maximum atomic E-state index is 9.78. The predicted octanol–water partition coefficient (Wildman–Crippen LogP) is 2.87. The lowest BCUT2D eigenvalue weighted by atomic mass is 10.1. The average Bonchev–Trinajstić information content (AvgIpc) is 2.74. The monoisotopic (exact) mass is 291 g/mol. The molecule has 2 rings (SSSR count). The Morgan fingerprint density at radius 1 is 1.20 bits per heavy atom. The number of phenols is 1. The second kappa shape index (κ2) is 7.24. The number of nitrogens with zero attached hydrogens (tertiary/aromatic N) is 2. The molecule has 5 heteroatoms. The van der Waals surface area contributed by atoms with Gasteiger partial charge in [0.1, 0.15) is 5.75 Å². The summed E-state index contributed by atoms with van der Waals surface area (Å²) in [4.78, 5) is 2.17. The van der Waals surface area contributed by atoms with Gasteiger partial charge in [0, 0.05) is 18.7 Å². The number of likely N-dealkylation sites (tertiary alicyclic amines) is 1. The third kappa shape index (κ3) is 3.93. The molecule has 0 aromatic heterocycles. The maximum Gasteiger partial charge on any atom is 0.189 e. The minimum atomic E-state index is 0.233.